The highest BCUT2D eigenvalue weighted by Crippen LogP contribution is 2.07. The second kappa shape index (κ2) is 5.30. The number of nitrogens with one attached hydrogen (secondary N) is 2. The Morgan fingerprint density at radius 1 is 1.42 bits per heavy atom. The molecule has 1 aromatic carbocycles. The van der Waals surface area contributed by atoms with E-state index in [1.807, 2.05) is 25.1 Å². The number of nitrogens with two attached hydrogens (primary N) is 1. The molecule has 2 aromatic rings. The van der Waals surface area contributed by atoms with Gasteiger partial charge in [0.05, 0.1) is 5.71 Å². The number of aromatic amines is 1. The lowest BCUT2D eigenvalue weighted by Crippen LogP contribution is -2.16. The van der Waals surface area contributed by atoms with Gasteiger partial charge in [0.15, 0.2) is 0 Å². The zero-order valence-corrected chi connectivity index (χ0v) is 10.6. The highest BCUT2D eigenvalue weighted by atomic mass is 16.1. The summed E-state index contributed by atoms with van der Waals surface area (Å²) in [6.45, 7) is 3.40. The number of nitrogens with zero attached hydrogens (tertiary/aromatic N) is 3. The van der Waals surface area contributed by atoms with Gasteiger partial charge >= 0.3 is 0 Å². The summed E-state index contributed by atoms with van der Waals surface area (Å²) >= 11 is 0. The third-order valence-electron chi connectivity index (χ3n) is 2.49. The minimum Gasteiger partial charge on any atom is -0.399 e. The van der Waals surface area contributed by atoms with Crippen LogP contribution in [0.5, 0.6) is 0 Å². The smallest absolute Gasteiger partial charge is 0.274 e. The van der Waals surface area contributed by atoms with E-state index in [2.05, 4.69) is 25.7 Å². The van der Waals surface area contributed by atoms with Gasteiger partial charge in [-0.1, -0.05) is 12.1 Å². The number of benzene rings is 1. The monoisotopic (exact) mass is 258 g/mol. The van der Waals surface area contributed by atoms with Crippen LogP contribution in [0.2, 0.25) is 0 Å². The van der Waals surface area contributed by atoms with Crippen LogP contribution in [0.15, 0.2) is 34.2 Å². The number of rotatable bonds is 3. The SMILES string of the molecule is C/C(=N/Nc1nnc(C)c(=O)[nH]1)c1cccc(N)c1. The maximum atomic E-state index is 11.3. The zero-order chi connectivity index (χ0) is 13.8. The van der Waals surface area contributed by atoms with E-state index in [0.717, 1.165) is 11.3 Å². The molecule has 7 heteroatoms. The van der Waals surface area contributed by atoms with Crippen LogP contribution in [0.1, 0.15) is 18.2 Å². The van der Waals surface area contributed by atoms with Crippen molar-refractivity contribution in [3.63, 3.8) is 0 Å². The third-order valence-corrected chi connectivity index (χ3v) is 2.49. The van der Waals surface area contributed by atoms with Gasteiger partial charge in [0.25, 0.3) is 5.56 Å². The van der Waals surface area contributed by atoms with E-state index in [-0.39, 0.29) is 11.5 Å². The molecule has 1 aromatic heterocycles. The fourth-order valence-electron chi connectivity index (χ4n) is 1.41. The Kier molecular flexibility index (Phi) is 3.56. The lowest BCUT2D eigenvalue weighted by molar-refractivity contribution is 0.897. The molecule has 4 N–H and O–H groups in total. The van der Waals surface area contributed by atoms with Crippen LogP contribution in [0, 0.1) is 6.92 Å². The topological polar surface area (TPSA) is 109 Å². The summed E-state index contributed by atoms with van der Waals surface area (Å²) in [7, 11) is 0. The standard InChI is InChI=1S/C12H14N6O/c1-7(9-4-3-5-10(13)6-9)15-17-12-14-11(19)8(2)16-18-12/h3-6H,13H2,1-2H3,(H2,14,17,18,19)/b15-7-. The third kappa shape index (κ3) is 3.15. The molecule has 7 nitrogen and oxygen atoms in total. The largest absolute Gasteiger partial charge is 0.399 e. The molecule has 0 aliphatic carbocycles. The van der Waals surface area contributed by atoms with Crippen LogP contribution in [0.3, 0.4) is 0 Å². The Morgan fingerprint density at radius 2 is 2.21 bits per heavy atom. The minimum absolute atomic E-state index is 0.193. The molecule has 0 fully saturated rings. The van der Waals surface area contributed by atoms with Crippen molar-refractivity contribution >= 4 is 17.3 Å². The Bertz CT molecular complexity index is 676. The van der Waals surface area contributed by atoms with Crippen LogP contribution >= 0.6 is 0 Å². The van der Waals surface area contributed by atoms with Crippen molar-refractivity contribution in [3.05, 3.63) is 45.9 Å². The van der Waals surface area contributed by atoms with Gasteiger partial charge in [0.1, 0.15) is 5.69 Å². The summed E-state index contributed by atoms with van der Waals surface area (Å²) in [4.78, 5) is 13.9. The molecule has 0 saturated carbocycles. The number of hydrazone groups is 1. The van der Waals surface area contributed by atoms with Crippen molar-refractivity contribution in [1.82, 2.24) is 15.2 Å². The molecule has 98 valence electrons. The number of nitrogen functional groups attached to an aromatic ring is 1. The molecule has 2 rings (SSSR count). The van der Waals surface area contributed by atoms with Crippen LogP contribution in [-0.4, -0.2) is 20.9 Å². The number of anilines is 2. The fraction of sp³-hybridized carbons (Fsp3) is 0.167. The molecule has 0 saturated heterocycles. The lowest BCUT2D eigenvalue weighted by Gasteiger charge is -2.03. The van der Waals surface area contributed by atoms with E-state index < -0.39 is 0 Å². The van der Waals surface area contributed by atoms with Gasteiger partial charge in [-0.25, -0.2) is 5.43 Å². The molecular formula is C12H14N6O. The molecule has 0 radical (unpaired) electrons. The van der Waals surface area contributed by atoms with Crippen molar-refractivity contribution in [1.29, 1.82) is 0 Å². The van der Waals surface area contributed by atoms with Gasteiger partial charge in [-0.3, -0.25) is 9.78 Å². The predicted octanol–water partition coefficient (Wildman–Crippen LogP) is 0.892. The van der Waals surface area contributed by atoms with Gasteiger partial charge in [0, 0.05) is 5.69 Å². The van der Waals surface area contributed by atoms with Gasteiger partial charge in [-0.15, -0.1) is 10.2 Å². The lowest BCUT2D eigenvalue weighted by atomic mass is 10.1. The summed E-state index contributed by atoms with van der Waals surface area (Å²) in [5, 5.41) is 11.6. The molecular weight excluding hydrogens is 244 g/mol. The first-order chi connectivity index (χ1) is 9.06. The Hall–Kier alpha value is -2.70. The zero-order valence-electron chi connectivity index (χ0n) is 10.6. The van der Waals surface area contributed by atoms with Crippen LogP contribution in [-0.2, 0) is 0 Å². The first-order valence-electron chi connectivity index (χ1n) is 5.66. The van der Waals surface area contributed by atoms with Crippen molar-refractivity contribution in [3.8, 4) is 0 Å². The Balaban J connectivity index is 2.18. The number of H-pyrrole nitrogens is 1. The minimum atomic E-state index is -0.297. The van der Waals surface area contributed by atoms with Crippen molar-refractivity contribution < 1.29 is 0 Å². The van der Waals surface area contributed by atoms with Crippen molar-refractivity contribution in [2.75, 3.05) is 11.2 Å². The average molecular weight is 258 g/mol. The van der Waals surface area contributed by atoms with Crippen molar-refractivity contribution in [2.45, 2.75) is 13.8 Å². The van der Waals surface area contributed by atoms with Crippen molar-refractivity contribution in [2.24, 2.45) is 5.10 Å². The van der Waals surface area contributed by atoms with E-state index in [0.29, 0.717) is 11.4 Å². The summed E-state index contributed by atoms with van der Waals surface area (Å²) in [6, 6.07) is 7.34. The predicted molar refractivity (Wildman–Crippen MR) is 74.1 cm³/mol. The molecule has 0 aliphatic heterocycles. The Morgan fingerprint density at radius 3 is 2.89 bits per heavy atom. The van der Waals surface area contributed by atoms with Gasteiger partial charge < -0.3 is 5.73 Å². The number of hydrogen-bond donors (Lipinski definition) is 3. The summed E-state index contributed by atoms with van der Waals surface area (Å²) in [5.41, 5.74) is 10.6. The maximum absolute atomic E-state index is 11.3. The van der Waals surface area contributed by atoms with E-state index in [1.54, 1.807) is 13.0 Å². The van der Waals surface area contributed by atoms with Crippen LogP contribution < -0.4 is 16.7 Å². The van der Waals surface area contributed by atoms with E-state index in [9.17, 15) is 4.79 Å². The normalized spacial score (nSPS) is 11.4. The second-order valence-corrected chi connectivity index (χ2v) is 4.02. The maximum Gasteiger partial charge on any atom is 0.274 e. The second-order valence-electron chi connectivity index (χ2n) is 4.02. The van der Waals surface area contributed by atoms with E-state index in [1.165, 1.54) is 0 Å². The van der Waals surface area contributed by atoms with E-state index in [4.69, 9.17) is 5.73 Å². The van der Waals surface area contributed by atoms with E-state index >= 15 is 0 Å². The number of aryl methyl sites for hydroxylation is 1. The fourth-order valence-corrected chi connectivity index (χ4v) is 1.41. The highest BCUT2D eigenvalue weighted by Gasteiger charge is 2.00. The van der Waals surface area contributed by atoms with Crippen LogP contribution in [0.25, 0.3) is 0 Å². The molecule has 0 unspecified atom stereocenters. The first kappa shape index (κ1) is 12.7. The quantitative estimate of drug-likeness (QED) is 0.430. The molecule has 1 heterocycles. The van der Waals surface area contributed by atoms with Gasteiger partial charge in [-0.05, 0) is 31.5 Å². The molecule has 0 bridgehead atoms. The van der Waals surface area contributed by atoms with Gasteiger partial charge in [0.2, 0.25) is 5.95 Å². The Labute approximate surface area is 109 Å². The van der Waals surface area contributed by atoms with Gasteiger partial charge in [-0.2, -0.15) is 5.10 Å². The molecule has 0 aliphatic rings. The number of hydrogen-bond acceptors (Lipinski definition) is 6. The molecule has 0 amide bonds. The summed E-state index contributed by atoms with van der Waals surface area (Å²) in [5.74, 6) is 0.193. The first-order valence-corrected chi connectivity index (χ1v) is 5.66. The summed E-state index contributed by atoms with van der Waals surface area (Å²) < 4.78 is 0. The summed E-state index contributed by atoms with van der Waals surface area (Å²) in [6.07, 6.45) is 0. The number of aromatic nitrogens is 3. The highest BCUT2D eigenvalue weighted by molar-refractivity contribution is 5.99. The molecule has 0 spiro atoms. The van der Waals surface area contributed by atoms with Crippen LogP contribution in [0.4, 0.5) is 11.6 Å². The average Bonchev–Trinajstić information content (AvgIpc) is 2.40. The molecule has 0 atom stereocenters. The molecule has 19 heavy (non-hydrogen) atoms.